The van der Waals surface area contributed by atoms with E-state index in [2.05, 4.69) is 10.3 Å². The van der Waals surface area contributed by atoms with Crippen LogP contribution in [-0.2, 0) is 7.05 Å². The number of fused-ring (bicyclic) bond motifs is 1. The molecule has 6 heteroatoms. The first-order valence-corrected chi connectivity index (χ1v) is 6.00. The van der Waals surface area contributed by atoms with Gasteiger partial charge in [0, 0.05) is 20.2 Å². The zero-order valence-electron chi connectivity index (χ0n) is 10.6. The Bertz CT molecular complexity index is 664. The topological polar surface area (TPSA) is 84.2 Å². The molecule has 0 saturated heterocycles. The summed E-state index contributed by atoms with van der Waals surface area (Å²) in [6.45, 7) is 0.350. The lowest BCUT2D eigenvalue weighted by molar-refractivity contribution is 0.0936. The minimum atomic E-state index is -0.418. The smallest absolute Gasteiger partial charge is 0.287 e. The second-order valence-corrected chi connectivity index (χ2v) is 4.15. The molecule has 0 aliphatic carbocycles. The van der Waals surface area contributed by atoms with E-state index in [9.17, 15) is 9.59 Å². The molecule has 0 bridgehead atoms. The number of nitrogens with zero attached hydrogens (tertiary/aromatic N) is 2. The first-order chi connectivity index (χ1) is 9.15. The summed E-state index contributed by atoms with van der Waals surface area (Å²) >= 11 is 0. The van der Waals surface area contributed by atoms with E-state index in [1.54, 1.807) is 24.3 Å². The number of nitrogens with one attached hydrogen (secondary N) is 1. The van der Waals surface area contributed by atoms with Crippen molar-refractivity contribution in [2.45, 2.75) is 6.42 Å². The van der Waals surface area contributed by atoms with Crippen molar-refractivity contribution in [1.82, 2.24) is 14.9 Å². The zero-order valence-corrected chi connectivity index (χ0v) is 10.6. The molecule has 0 atom stereocenters. The van der Waals surface area contributed by atoms with Crippen LogP contribution in [0.1, 0.15) is 17.0 Å². The molecule has 1 amide bonds. The highest BCUT2D eigenvalue weighted by Crippen LogP contribution is 2.06. The van der Waals surface area contributed by atoms with Crippen molar-refractivity contribution in [3.05, 3.63) is 40.4 Å². The van der Waals surface area contributed by atoms with Crippen molar-refractivity contribution < 1.29 is 9.90 Å². The van der Waals surface area contributed by atoms with Gasteiger partial charge in [-0.25, -0.2) is 4.98 Å². The van der Waals surface area contributed by atoms with Crippen LogP contribution in [-0.4, -0.2) is 33.7 Å². The van der Waals surface area contributed by atoms with Crippen molar-refractivity contribution in [1.29, 1.82) is 0 Å². The van der Waals surface area contributed by atoms with Gasteiger partial charge in [0.25, 0.3) is 11.5 Å². The van der Waals surface area contributed by atoms with E-state index in [4.69, 9.17) is 5.11 Å². The van der Waals surface area contributed by atoms with Gasteiger partial charge in [-0.15, -0.1) is 0 Å². The second-order valence-electron chi connectivity index (χ2n) is 4.15. The van der Waals surface area contributed by atoms with Gasteiger partial charge in [-0.2, -0.15) is 0 Å². The summed E-state index contributed by atoms with van der Waals surface area (Å²) in [5, 5.41) is 11.8. The Morgan fingerprint density at radius 3 is 2.89 bits per heavy atom. The highest BCUT2D eigenvalue weighted by molar-refractivity contribution is 5.92. The van der Waals surface area contributed by atoms with E-state index in [1.165, 1.54) is 11.6 Å². The SMILES string of the molecule is Cn1c(C(=O)NCCCO)nc2ccccc2c1=O. The number of hydrogen-bond acceptors (Lipinski definition) is 4. The third-order valence-corrected chi connectivity index (χ3v) is 2.81. The van der Waals surface area contributed by atoms with Gasteiger partial charge < -0.3 is 10.4 Å². The number of aliphatic hydroxyl groups is 1. The zero-order chi connectivity index (χ0) is 13.8. The molecular weight excluding hydrogens is 246 g/mol. The molecule has 1 aromatic carbocycles. The summed E-state index contributed by atoms with van der Waals surface area (Å²) < 4.78 is 1.23. The maximum atomic E-state index is 12.1. The fourth-order valence-corrected chi connectivity index (χ4v) is 1.78. The van der Waals surface area contributed by atoms with Crippen LogP contribution in [0.5, 0.6) is 0 Å². The number of aromatic nitrogens is 2. The predicted molar refractivity (Wildman–Crippen MR) is 71.0 cm³/mol. The maximum absolute atomic E-state index is 12.1. The molecule has 2 rings (SSSR count). The van der Waals surface area contributed by atoms with Crippen molar-refractivity contribution in [2.24, 2.45) is 7.05 Å². The fourth-order valence-electron chi connectivity index (χ4n) is 1.78. The summed E-state index contributed by atoms with van der Waals surface area (Å²) in [7, 11) is 1.52. The molecule has 100 valence electrons. The van der Waals surface area contributed by atoms with E-state index >= 15 is 0 Å². The first-order valence-electron chi connectivity index (χ1n) is 6.00. The average molecular weight is 261 g/mol. The number of carbonyl (C=O) groups excluding carboxylic acids is 1. The number of para-hydroxylation sites is 1. The fraction of sp³-hybridized carbons (Fsp3) is 0.308. The third kappa shape index (κ3) is 2.63. The number of rotatable bonds is 4. The number of benzene rings is 1. The van der Waals surface area contributed by atoms with Gasteiger partial charge in [0.2, 0.25) is 5.82 Å². The van der Waals surface area contributed by atoms with Crippen LogP contribution >= 0.6 is 0 Å². The maximum Gasteiger partial charge on any atom is 0.287 e. The third-order valence-electron chi connectivity index (χ3n) is 2.81. The molecule has 0 radical (unpaired) electrons. The Balaban J connectivity index is 2.41. The van der Waals surface area contributed by atoms with Crippen molar-refractivity contribution in [2.75, 3.05) is 13.2 Å². The van der Waals surface area contributed by atoms with Crippen LogP contribution in [0.3, 0.4) is 0 Å². The molecule has 0 saturated carbocycles. The summed E-state index contributed by atoms with van der Waals surface area (Å²) in [6.07, 6.45) is 0.466. The molecule has 0 unspecified atom stereocenters. The molecule has 0 aliphatic rings. The van der Waals surface area contributed by atoms with Gasteiger partial charge in [-0.05, 0) is 18.6 Å². The average Bonchev–Trinajstić information content (AvgIpc) is 2.43. The van der Waals surface area contributed by atoms with Gasteiger partial charge >= 0.3 is 0 Å². The van der Waals surface area contributed by atoms with Crippen LogP contribution in [0.25, 0.3) is 10.9 Å². The van der Waals surface area contributed by atoms with Gasteiger partial charge in [-0.3, -0.25) is 14.2 Å². The predicted octanol–water partition coefficient (Wildman–Crippen LogP) is 0.0457. The molecule has 0 spiro atoms. The number of carbonyl (C=O) groups is 1. The molecule has 19 heavy (non-hydrogen) atoms. The second kappa shape index (κ2) is 5.62. The molecule has 6 nitrogen and oxygen atoms in total. The van der Waals surface area contributed by atoms with Gasteiger partial charge in [0.05, 0.1) is 10.9 Å². The minimum absolute atomic E-state index is 0.00432. The first kappa shape index (κ1) is 13.2. The molecule has 1 heterocycles. The summed E-state index contributed by atoms with van der Waals surface area (Å²) in [5.74, 6) is -0.347. The summed E-state index contributed by atoms with van der Waals surface area (Å²) in [6, 6.07) is 6.90. The quantitative estimate of drug-likeness (QED) is 0.761. The van der Waals surface area contributed by atoms with E-state index in [1.807, 2.05) is 0 Å². The van der Waals surface area contributed by atoms with Gasteiger partial charge in [0.1, 0.15) is 0 Å². The Morgan fingerprint density at radius 2 is 2.16 bits per heavy atom. The van der Waals surface area contributed by atoms with Crippen LogP contribution in [0, 0.1) is 0 Å². The van der Waals surface area contributed by atoms with Gasteiger partial charge in [-0.1, -0.05) is 12.1 Å². The molecule has 0 aliphatic heterocycles. The largest absolute Gasteiger partial charge is 0.396 e. The highest BCUT2D eigenvalue weighted by Gasteiger charge is 2.14. The Kier molecular flexibility index (Phi) is 3.91. The van der Waals surface area contributed by atoms with Crippen LogP contribution in [0.2, 0.25) is 0 Å². The van der Waals surface area contributed by atoms with Crippen LogP contribution < -0.4 is 10.9 Å². The van der Waals surface area contributed by atoms with E-state index in [-0.39, 0.29) is 18.0 Å². The number of hydrogen-bond donors (Lipinski definition) is 2. The summed E-state index contributed by atoms with van der Waals surface area (Å²) in [4.78, 5) is 28.2. The molecule has 2 N–H and O–H groups in total. The molecule has 2 aromatic rings. The number of aliphatic hydroxyl groups excluding tert-OH is 1. The van der Waals surface area contributed by atoms with Crippen molar-refractivity contribution >= 4 is 16.8 Å². The lowest BCUT2D eigenvalue weighted by Gasteiger charge is -2.09. The van der Waals surface area contributed by atoms with Crippen molar-refractivity contribution in [3.8, 4) is 0 Å². The Morgan fingerprint density at radius 1 is 1.42 bits per heavy atom. The normalized spacial score (nSPS) is 10.6. The van der Waals surface area contributed by atoms with Crippen molar-refractivity contribution in [3.63, 3.8) is 0 Å². The van der Waals surface area contributed by atoms with E-state index in [0.717, 1.165) is 0 Å². The molecule has 0 fully saturated rings. The minimum Gasteiger partial charge on any atom is -0.396 e. The lowest BCUT2D eigenvalue weighted by atomic mass is 10.2. The highest BCUT2D eigenvalue weighted by atomic mass is 16.3. The summed E-state index contributed by atoms with van der Waals surface area (Å²) in [5.41, 5.74) is 0.246. The van der Waals surface area contributed by atoms with E-state index < -0.39 is 5.91 Å². The molecule has 1 aromatic heterocycles. The monoisotopic (exact) mass is 261 g/mol. The lowest BCUT2D eigenvalue weighted by Crippen LogP contribution is -2.33. The van der Waals surface area contributed by atoms with Crippen LogP contribution in [0.15, 0.2) is 29.1 Å². The van der Waals surface area contributed by atoms with E-state index in [0.29, 0.717) is 23.9 Å². The number of amides is 1. The molecular formula is C13H15N3O3. The van der Waals surface area contributed by atoms with Gasteiger partial charge in [0.15, 0.2) is 0 Å². The standard InChI is InChI=1S/C13H15N3O3/c1-16-11(12(18)14-7-4-8-17)15-10-6-3-2-5-9(10)13(16)19/h2-3,5-6,17H,4,7-8H2,1H3,(H,14,18). The van der Waals surface area contributed by atoms with Crippen LogP contribution in [0.4, 0.5) is 0 Å². The Hall–Kier alpha value is -2.21. The Labute approximate surface area is 109 Å².